The molecule has 17 N–H and O–H groups in total. The molecule has 0 spiro atoms. The van der Waals surface area contributed by atoms with Crippen molar-refractivity contribution in [1.82, 2.24) is 43.0 Å². The number of nitrogens with one attached hydrogen (secondary N) is 1. The summed E-state index contributed by atoms with van der Waals surface area (Å²) >= 11 is 7.34. The molecule has 12 aromatic rings. The maximum atomic E-state index is 12.1. The number of hydrogen-bond acceptors (Lipinski definition) is 25. The van der Waals surface area contributed by atoms with Crippen LogP contribution in [-0.4, -0.2) is 123 Å². The minimum absolute atomic E-state index is 0.220. The number of unbranched alkanes of at least 4 members (excludes halogenated alkanes) is 2. The number of nitrogens with zero attached hydrogens (tertiary/aromatic N) is 9. The lowest BCUT2D eigenvalue weighted by molar-refractivity contribution is -0.0200. The Bertz CT molecular complexity index is 5070. The van der Waals surface area contributed by atoms with Gasteiger partial charge in [0.25, 0.3) is 0 Å². The molecule has 3 fully saturated rings. The summed E-state index contributed by atoms with van der Waals surface area (Å²) in [4.78, 5) is 41.6. The van der Waals surface area contributed by atoms with Gasteiger partial charge in [-0.3, -0.25) is 20.3 Å². The molecular weight excluding hydrogens is 1420 g/mol. The molecule has 532 valence electrons. The van der Waals surface area contributed by atoms with E-state index >= 15 is 0 Å². The van der Waals surface area contributed by atoms with Crippen molar-refractivity contribution in [1.29, 1.82) is 0 Å². The number of nitrogens with two attached hydrogens (primary N) is 5. The van der Waals surface area contributed by atoms with Gasteiger partial charge in [0, 0.05) is 52.5 Å². The number of carbonyl (C=O) groups excluding carboxylic acids is 1. The highest BCUT2D eigenvalue weighted by Crippen LogP contribution is 2.55. The van der Waals surface area contributed by atoms with Crippen LogP contribution in [0.4, 0.5) is 39.3 Å². The molecule has 3 aromatic carbocycles. The van der Waals surface area contributed by atoms with E-state index in [4.69, 9.17) is 33.4 Å². The smallest absolute Gasteiger partial charge is 0.412 e. The van der Waals surface area contributed by atoms with Crippen molar-refractivity contribution < 1.29 is 40.2 Å². The summed E-state index contributed by atoms with van der Waals surface area (Å²) in [6, 6.07) is 33.0. The number of aromatic nitrogens is 9. The van der Waals surface area contributed by atoms with Crippen LogP contribution in [-0.2, 0) is 24.0 Å². The topological polar surface area (TPSA) is 406 Å². The predicted molar refractivity (Wildman–Crippen MR) is 409 cm³/mol. The van der Waals surface area contributed by atoms with Gasteiger partial charge in [-0.2, -0.15) is 13.1 Å². The molecule has 12 atom stereocenters. The Morgan fingerprint density at radius 1 is 0.510 bits per heavy atom. The van der Waals surface area contributed by atoms with Crippen LogP contribution in [0.25, 0.3) is 65.8 Å². The van der Waals surface area contributed by atoms with E-state index in [1.807, 2.05) is 75.4 Å². The quantitative estimate of drug-likeness (QED) is 0.0377. The van der Waals surface area contributed by atoms with E-state index in [9.17, 15) is 35.4 Å². The Morgan fingerprint density at radius 2 is 0.902 bits per heavy atom. The second-order valence-electron chi connectivity index (χ2n) is 28.5. The van der Waals surface area contributed by atoms with Gasteiger partial charge in [0.2, 0.25) is 0 Å². The molecule has 15 rings (SSSR count). The van der Waals surface area contributed by atoms with Gasteiger partial charge in [-0.15, -0.1) is 0 Å². The van der Waals surface area contributed by atoms with Crippen molar-refractivity contribution in [2.24, 2.45) is 16.2 Å². The van der Waals surface area contributed by atoms with Crippen LogP contribution in [0.15, 0.2) is 126 Å². The fourth-order valence-corrected chi connectivity index (χ4v) is 18.3. The minimum Gasteiger partial charge on any atom is -0.449 e. The molecule has 3 aliphatic rings. The number of halogens is 1. The van der Waals surface area contributed by atoms with E-state index in [2.05, 4.69) is 89.4 Å². The van der Waals surface area contributed by atoms with Gasteiger partial charge in [0.05, 0.1) is 95.9 Å². The number of aliphatic hydroxyl groups is 6. The Morgan fingerprint density at radius 3 is 1.33 bits per heavy atom. The molecule has 0 aliphatic heterocycles. The van der Waals surface area contributed by atoms with Crippen molar-refractivity contribution >= 4 is 157 Å². The molecule has 23 nitrogen and oxygen atoms in total. The highest BCUT2D eigenvalue weighted by Gasteiger charge is 2.53. The Labute approximate surface area is 609 Å². The monoisotopic (exact) mass is 1500 g/mol. The molecule has 0 bridgehead atoms. The zero-order valence-corrected chi connectivity index (χ0v) is 61.0. The lowest BCUT2D eigenvalue weighted by atomic mass is 9.80. The largest absolute Gasteiger partial charge is 0.449 e. The summed E-state index contributed by atoms with van der Waals surface area (Å²) in [5, 5.41) is 71.6. The number of amides is 1. The van der Waals surface area contributed by atoms with Crippen LogP contribution >= 0.6 is 50.5 Å². The molecule has 9 aromatic heterocycles. The number of hydrogen-bond donors (Lipinski definition) is 12. The third kappa shape index (κ3) is 14.6. The summed E-state index contributed by atoms with van der Waals surface area (Å²) in [5.41, 5.74) is 40.2. The molecule has 3 aliphatic carbocycles. The van der Waals surface area contributed by atoms with Crippen LogP contribution in [0.2, 0.25) is 0 Å². The zero-order valence-electron chi connectivity index (χ0n) is 56.9. The van der Waals surface area contributed by atoms with E-state index in [1.165, 1.54) is 34.6 Å². The number of benzene rings is 3. The van der Waals surface area contributed by atoms with E-state index in [1.54, 1.807) is 48.9 Å². The average molecular weight is 1500 g/mol. The van der Waals surface area contributed by atoms with Crippen LogP contribution in [0.5, 0.6) is 0 Å². The lowest BCUT2D eigenvalue weighted by Crippen LogP contribution is -2.34. The SMILES string of the molecule is CCCCCOC(=O)Nc1ccc2ccc(CC[C@@]3(C)C[C@@H](c4snc5c(N)ccnc45)[C@H](O)[C@@H]3O)cc2n1.C[C@]1(CCc2ccc3cc(Br)c(N)nc3c2)C[C@@H](c2snc3c(N)ccnc23)[C@H](O)[C@@H]1O.C[C@]1(CCc2ccc3ccc(N)nc3c2)C[C@@H](c2snc3c(N)ccnc23)[C@H](O)[C@@H]1O. The molecule has 1 amide bonds. The minimum atomic E-state index is -0.907. The second kappa shape index (κ2) is 29.7. The Kier molecular flexibility index (Phi) is 20.9. The molecule has 0 radical (unpaired) electrons. The van der Waals surface area contributed by atoms with Crippen molar-refractivity contribution in [3.8, 4) is 0 Å². The van der Waals surface area contributed by atoms with Gasteiger partial charge in [0.15, 0.2) is 0 Å². The molecular formula is C75H84BrN15O8S3. The third-order valence-electron chi connectivity index (χ3n) is 21.3. The zero-order chi connectivity index (χ0) is 71.9. The summed E-state index contributed by atoms with van der Waals surface area (Å²) in [5.74, 6) is 0.694. The first-order chi connectivity index (χ1) is 48.9. The first kappa shape index (κ1) is 71.9. The van der Waals surface area contributed by atoms with Crippen LogP contribution in [0.3, 0.4) is 0 Å². The van der Waals surface area contributed by atoms with Crippen molar-refractivity contribution in [2.45, 2.75) is 159 Å². The number of anilines is 6. The second-order valence-corrected chi connectivity index (χ2v) is 31.7. The van der Waals surface area contributed by atoms with Gasteiger partial charge in [-0.25, -0.2) is 19.7 Å². The first-order valence-electron chi connectivity index (χ1n) is 34.3. The highest BCUT2D eigenvalue weighted by molar-refractivity contribution is 9.10. The van der Waals surface area contributed by atoms with E-state index < -0.39 is 59.0 Å². The van der Waals surface area contributed by atoms with Crippen molar-refractivity contribution in [3.63, 3.8) is 0 Å². The van der Waals surface area contributed by atoms with Crippen molar-refractivity contribution in [3.05, 3.63) is 158 Å². The Hall–Kier alpha value is -8.48. The van der Waals surface area contributed by atoms with Gasteiger partial charge < -0.3 is 64.0 Å². The maximum Gasteiger partial charge on any atom is 0.412 e. The van der Waals surface area contributed by atoms with Gasteiger partial charge in [0.1, 0.15) is 50.6 Å². The molecule has 0 saturated heterocycles. The van der Waals surface area contributed by atoms with E-state index in [-0.39, 0.29) is 17.8 Å². The van der Waals surface area contributed by atoms with E-state index in [0.29, 0.717) is 95.3 Å². The van der Waals surface area contributed by atoms with Crippen molar-refractivity contribution in [2.75, 3.05) is 40.6 Å². The number of fused-ring (bicyclic) bond motifs is 6. The van der Waals surface area contributed by atoms with Gasteiger partial charge in [-0.1, -0.05) is 76.9 Å². The maximum absolute atomic E-state index is 12.1. The number of aliphatic hydroxyl groups excluding tert-OH is 6. The highest BCUT2D eigenvalue weighted by atomic mass is 79.9. The number of carbonyl (C=O) groups is 1. The summed E-state index contributed by atoms with van der Waals surface area (Å²) in [7, 11) is 0. The molecule has 0 unspecified atom stereocenters. The fraction of sp³-hybridized carbons (Fsp3) is 0.387. The average Bonchev–Trinajstić information content (AvgIpc) is 1.61. The van der Waals surface area contributed by atoms with Crippen LogP contribution in [0, 0.1) is 16.2 Å². The molecule has 3 saturated carbocycles. The summed E-state index contributed by atoms with van der Waals surface area (Å²) < 4.78 is 19.4. The number of nitrogen functional groups attached to an aromatic ring is 5. The first-order valence-corrected chi connectivity index (χ1v) is 37.4. The fourth-order valence-electron chi connectivity index (χ4n) is 15.0. The third-order valence-corrected chi connectivity index (χ3v) is 24.8. The predicted octanol–water partition coefficient (Wildman–Crippen LogP) is 12.7. The number of ether oxygens (including phenoxy) is 1. The number of aryl methyl sites for hydroxylation is 3. The standard InChI is InChI=1S/C29H35N5O4S.C23H24BrN5O2S.C23H25N5O2S/c1-3-4-5-14-38-28(37)33-22-9-8-18-7-6-17(15-21(18)32-22)10-12-29(2)16-19(25(35)27(29)36)26-24-23(34-39-26)20(30)11-13-31-24;1-23(6-4-11-2-3-12-9-14(24)22(26)28-16(12)8-11)10-13(19(30)21(23)31)20-18-17(29-32-20)15(25)5-7-27-18;1-23(8-6-12-2-3-13-4-5-17(25)27-16(13)10-12)11-14(20(29)22(23)30)21-19-18(28-31-21)15(24)7-9-26-19/h6-9,11,13,15,19,25,27,35-36H,3-5,10,12,14,16,30H2,1-2H3,(H,32,33,37);2-3,5,7-9,13,19,21,30-31H,4,6,10,25H2,1H3,(H2,26,28);2-5,7,9-10,14,20,22,29-30H,6,8,11,24H2,1H3,(H2,25,27)/t19-,25+,27+,29+;13-,19+,21+,23+;14-,20+,22+,23+/m111/s1. The van der Waals surface area contributed by atoms with Crippen LogP contribution < -0.4 is 34.0 Å². The molecule has 102 heavy (non-hydrogen) atoms. The Balaban J connectivity index is 0.000000138. The number of pyridine rings is 6. The van der Waals surface area contributed by atoms with Gasteiger partial charge in [-0.05, 0) is 214 Å². The molecule has 9 heterocycles. The van der Waals surface area contributed by atoms with Crippen LogP contribution in [0.1, 0.15) is 135 Å². The van der Waals surface area contributed by atoms with E-state index in [0.717, 1.165) is 124 Å². The summed E-state index contributed by atoms with van der Waals surface area (Å²) in [6.07, 6.45) is 8.51. The lowest BCUT2D eigenvalue weighted by Gasteiger charge is -2.28. The molecule has 27 heteroatoms. The van der Waals surface area contributed by atoms with Gasteiger partial charge >= 0.3 is 6.09 Å². The summed E-state index contributed by atoms with van der Waals surface area (Å²) in [6.45, 7) is 8.60. The number of rotatable bonds is 17. The normalized spacial score (nSPS) is 24.8.